The first-order valence-corrected chi connectivity index (χ1v) is 6.46. The fraction of sp³-hybridized carbons (Fsp3) is 0.417. The van der Waals surface area contributed by atoms with E-state index in [0.717, 1.165) is 26.1 Å². The third-order valence-electron chi connectivity index (χ3n) is 2.56. The summed E-state index contributed by atoms with van der Waals surface area (Å²) >= 11 is 1.82. The van der Waals surface area contributed by atoms with Crippen molar-refractivity contribution in [1.82, 2.24) is 15.1 Å². The minimum Gasteiger partial charge on any atom is -0.315 e. The van der Waals surface area contributed by atoms with E-state index in [1.165, 1.54) is 10.6 Å². The number of aromatic nitrogens is 2. The first-order valence-electron chi connectivity index (χ1n) is 5.58. The van der Waals surface area contributed by atoms with E-state index >= 15 is 0 Å². The molecule has 0 aliphatic rings. The topological polar surface area (TPSA) is 29.9 Å². The summed E-state index contributed by atoms with van der Waals surface area (Å²) in [6, 6.07) is 6.32. The highest BCUT2D eigenvalue weighted by atomic mass is 32.1. The van der Waals surface area contributed by atoms with E-state index in [1.807, 2.05) is 28.3 Å². The Balaban J connectivity index is 1.61. The highest BCUT2D eigenvalue weighted by molar-refractivity contribution is 7.09. The molecule has 0 unspecified atom stereocenters. The highest BCUT2D eigenvalue weighted by Gasteiger charge is 1.96. The van der Waals surface area contributed by atoms with Crippen molar-refractivity contribution in [1.29, 1.82) is 0 Å². The lowest BCUT2D eigenvalue weighted by atomic mass is 10.3. The van der Waals surface area contributed by atoms with Gasteiger partial charge in [-0.2, -0.15) is 5.10 Å². The molecule has 0 aliphatic carbocycles. The molecule has 0 amide bonds. The van der Waals surface area contributed by atoms with Gasteiger partial charge in [-0.3, -0.25) is 4.68 Å². The van der Waals surface area contributed by atoms with Crippen LogP contribution >= 0.6 is 11.3 Å². The molecule has 0 fully saturated rings. The smallest absolute Gasteiger partial charge is 0.0537 e. The number of aryl methyl sites for hydroxylation is 1. The van der Waals surface area contributed by atoms with E-state index < -0.39 is 0 Å². The molecule has 16 heavy (non-hydrogen) atoms. The van der Waals surface area contributed by atoms with Gasteiger partial charge in [0.15, 0.2) is 0 Å². The van der Waals surface area contributed by atoms with Crippen molar-refractivity contribution in [3.05, 3.63) is 40.3 Å². The average Bonchev–Trinajstić information content (AvgIpc) is 2.90. The molecule has 0 atom stereocenters. The van der Waals surface area contributed by atoms with Gasteiger partial charge in [0.2, 0.25) is 0 Å². The van der Waals surface area contributed by atoms with Crippen LogP contribution in [0.2, 0.25) is 0 Å². The maximum absolute atomic E-state index is 4.24. The fourth-order valence-electron chi connectivity index (χ4n) is 1.61. The Morgan fingerprint density at radius 3 is 3.00 bits per heavy atom. The van der Waals surface area contributed by atoms with Crippen LogP contribution < -0.4 is 5.32 Å². The Kier molecular flexibility index (Phi) is 4.13. The summed E-state index contributed by atoms with van der Waals surface area (Å²) in [7, 11) is 0. The van der Waals surface area contributed by atoms with Gasteiger partial charge in [0.25, 0.3) is 0 Å². The minimum atomic E-state index is 0.948. The van der Waals surface area contributed by atoms with Gasteiger partial charge in [-0.25, -0.2) is 0 Å². The summed E-state index contributed by atoms with van der Waals surface area (Å²) in [6.45, 7) is 5.05. The number of nitrogens with one attached hydrogen (secondary N) is 1. The average molecular weight is 235 g/mol. The van der Waals surface area contributed by atoms with E-state index in [-0.39, 0.29) is 0 Å². The molecule has 0 saturated carbocycles. The van der Waals surface area contributed by atoms with Crippen LogP contribution in [0.1, 0.15) is 10.6 Å². The van der Waals surface area contributed by atoms with E-state index in [1.54, 1.807) is 0 Å². The Morgan fingerprint density at radius 2 is 2.31 bits per heavy atom. The molecule has 0 bridgehead atoms. The van der Waals surface area contributed by atoms with Gasteiger partial charge < -0.3 is 5.32 Å². The number of hydrogen-bond acceptors (Lipinski definition) is 3. The SMILES string of the molecule is Cc1ccnn1CCNCCc1cccs1. The summed E-state index contributed by atoms with van der Waals surface area (Å²) in [5.41, 5.74) is 1.22. The zero-order valence-electron chi connectivity index (χ0n) is 9.52. The van der Waals surface area contributed by atoms with Gasteiger partial charge in [-0.05, 0) is 30.9 Å². The second-order valence-electron chi connectivity index (χ2n) is 3.78. The zero-order valence-corrected chi connectivity index (χ0v) is 10.3. The molecule has 0 spiro atoms. The van der Waals surface area contributed by atoms with Crippen molar-refractivity contribution in [2.24, 2.45) is 0 Å². The molecule has 0 aromatic carbocycles. The monoisotopic (exact) mass is 235 g/mol. The molecule has 4 heteroatoms. The van der Waals surface area contributed by atoms with Crippen molar-refractivity contribution in [3.8, 4) is 0 Å². The largest absolute Gasteiger partial charge is 0.315 e. The van der Waals surface area contributed by atoms with E-state index in [9.17, 15) is 0 Å². The first kappa shape index (κ1) is 11.4. The Bertz CT molecular complexity index is 406. The van der Waals surface area contributed by atoms with Crippen LogP contribution in [-0.4, -0.2) is 22.9 Å². The summed E-state index contributed by atoms with van der Waals surface area (Å²) in [6.07, 6.45) is 2.97. The summed E-state index contributed by atoms with van der Waals surface area (Å²) in [4.78, 5) is 1.45. The summed E-state index contributed by atoms with van der Waals surface area (Å²) < 4.78 is 2.03. The van der Waals surface area contributed by atoms with Gasteiger partial charge in [-0.1, -0.05) is 6.07 Å². The molecule has 86 valence electrons. The summed E-state index contributed by atoms with van der Waals surface area (Å²) in [5.74, 6) is 0. The van der Waals surface area contributed by atoms with Gasteiger partial charge >= 0.3 is 0 Å². The van der Waals surface area contributed by atoms with Gasteiger partial charge in [0.1, 0.15) is 0 Å². The van der Waals surface area contributed by atoms with Gasteiger partial charge in [0.05, 0.1) is 6.54 Å². The molecule has 0 aliphatic heterocycles. The standard InChI is InChI=1S/C12H17N3S/c1-11-4-7-14-15(11)9-8-13-6-5-12-3-2-10-16-12/h2-4,7,10,13H,5-6,8-9H2,1H3. The second-order valence-corrected chi connectivity index (χ2v) is 4.81. The third-order valence-corrected chi connectivity index (χ3v) is 3.49. The molecule has 2 aromatic heterocycles. The summed E-state index contributed by atoms with van der Waals surface area (Å²) in [5, 5.41) is 9.80. The van der Waals surface area contributed by atoms with Crippen LogP contribution in [0.3, 0.4) is 0 Å². The molecule has 1 N–H and O–H groups in total. The number of rotatable bonds is 6. The Labute approximate surface area is 100 Å². The Morgan fingerprint density at radius 1 is 1.38 bits per heavy atom. The molecular weight excluding hydrogens is 218 g/mol. The third kappa shape index (κ3) is 3.18. The van der Waals surface area contributed by atoms with Crippen molar-refractivity contribution in [2.75, 3.05) is 13.1 Å². The van der Waals surface area contributed by atoms with Crippen molar-refractivity contribution in [3.63, 3.8) is 0 Å². The van der Waals surface area contributed by atoms with Crippen LogP contribution in [0.15, 0.2) is 29.8 Å². The van der Waals surface area contributed by atoms with E-state index in [2.05, 4.69) is 34.9 Å². The second kappa shape index (κ2) is 5.82. The van der Waals surface area contributed by atoms with Gasteiger partial charge in [-0.15, -0.1) is 11.3 Å². The predicted molar refractivity (Wildman–Crippen MR) is 67.9 cm³/mol. The van der Waals surface area contributed by atoms with Crippen LogP contribution in [0.25, 0.3) is 0 Å². The van der Waals surface area contributed by atoms with E-state index in [4.69, 9.17) is 0 Å². The quantitative estimate of drug-likeness (QED) is 0.777. The van der Waals surface area contributed by atoms with Crippen LogP contribution in [-0.2, 0) is 13.0 Å². The first-order chi connectivity index (χ1) is 7.86. The lowest BCUT2D eigenvalue weighted by molar-refractivity contribution is 0.547. The molecule has 0 saturated heterocycles. The van der Waals surface area contributed by atoms with Crippen LogP contribution in [0, 0.1) is 6.92 Å². The normalized spacial score (nSPS) is 10.8. The number of nitrogens with zero attached hydrogens (tertiary/aromatic N) is 2. The molecule has 3 nitrogen and oxygen atoms in total. The highest BCUT2D eigenvalue weighted by Crippen LogP contribution is 2.07. The molecule has 0 radical (unpaired) electrons. The van der Waals surface area contributed by atoms with Crippen molar-refractivity contribution >= 4 is 11.3 Å². The molecular formula is C12H17N3S. The minimum absolute atomic E-state index is 0.948. The number of thiophene rings is 1. The lowest BCUT2D eigenvalue weighted by Crippen LogP contribution is -2.23. The molecule has 2 heterocycles. The lowest BCUT2D eigenvalue weighted by Gasteiger charge is -2.05. The molecule has 2 aromatic rings. The zero-order chi connectivity index (χ0) is 11.2. The van der Waals surface area contributed by atoms with Crippen molar-refractivity contribution in [2.45, 2.75) is 19.9 Å². The number of hydrogen-bond donors (Lipinski definition) is 1. The van der Waals surface area contributed by atoms with Crippen molar-refractivity contribution < 1.29 is 0 Å². The van der Waals surface area contributed by atoms with Crippen LogP contribution in [0.4, 0.5) is 0 Å². The van der Waals surface area contributed by atoms with E-state index in [0.29, 0.717) is 0 Å². The maximum atomic E-state index is 4.24. The molecule has 2 rings (SSSR count). The fourth-order valence-corrected chi connectivity index (χ4v) is 2.32. The maximum Gasteiger partial charge on any atom is 0.0537 e. The predicted octanol–water partition coefficient (Wildman–Crippen LogP) is 2.09. The van der Waals surface area contributed by atoms with Crippen LogP contribution in [0.5, 0.6) is 0 Å². The van der Waals surface area contributed by atoms with Gasteiger partial charge in [0, 0.05) is 29.9 Å². The Hall–Kier alpha value is -1.13.